The van der Waals surface area contributed by atoms with Crippen LogP contribution in [0.4, 0.5) is 5.95 Å². The van der Waals surface area contributed by atoms with E-state index in [2.05, 4.69) is 14.7 Å². The molecule has 9 heteroatoms. The fourth-order valence-electron chi connectivity index (χ4n) is 1.78. The summed E-state index contributed by atoms with van der Waals surface area (Å²) in [5.74, 6) is 0.168. The summed E-state index contributed by atoms with van der Waals surface area (Å²) in [5, 5.41) is 0. The smallest absolute Gasteiger partial charge is 0.273 e. The standard InChI is InChI=1S/C12H10N4O2S3/c13-11(19)9-5-6-10(20-9)21(17,18)16-12-14-7-3-1-2-4-8(7)15-12/h1-6H,(H2,13,19)(H2,14,15,16). The highest BCUT2D eigenvalue weighted by Gasteiger charge is 2.19. The first-order valence-electron chi connectivity index (χ1n) is 5.83. The lowest BCUT2D eigenvalue weighted by Crippen LogP contribution is -2.12. The van der Waals surface area contributed by atoms with Gasteiger partial charge in [0.25, 0.3) is 10.0 Å². The molecule has 108 valence electrons. The molecule has 0 bridgehead atoms. The summed E-state index contributed by atoms with van der Waals surface area (Å²) >= 11 is 5.84. The Labute approximate surface area is 130 Å². The molecule has 2 aromatic heterocycles. The van der Waals surface area contributed by atoms with Crippen LogP contribution in [0.3, 0.4) is 0 Å². The van der Waals surface area contributed by atoms with Gasteiger partial charge in [0.2, 0.25) is 5.95 Å². The summed E-state index contributed by atoms with van der Waals surface area (Å²) in [4.78, 5) is 7.80. The van der Waals surface area contributed by atoms with Gasteiger partial charge < -0.3 is 10.7 Å². The maximum atomic E-state index is 12.3. The average Bonchev–Trinajstić information content (AvgIpc) is 3.04. The molecule has 0 atom stereocenters. The zero-order valence-corrected chi connectivity index (χ0v) is 13.0. The highest BCUT2D eigenvalue weighted by atomic mass is 32.2. The normalized spacial score (nSPS) is 11.6. The van der Waals surface area contributed by atoms with Gasteiger partial charge in [-0.3, -0.25) is 0 Å². The number of hydrogen-bond acceptors (Lipinski definition) is 5. The fourth-order valence-corrected chi connectivity index (χ4v) is 4.09. The van der Waals surface area contributed by atoms with E-state index in [-0.39, 0.29) is 15.1 Å². The monoisotopic (exact) mass is 338 g/mol. The van der Waals surface area contributed by atoms with Crippen LogP contribution >= 0.6 is 23.6 Å². The zero-order chi connectivity index (χ0) is 15.0. The van der Waals surface area contributed by atoms with Crippen molar-refractivity contribution in [3.63, 3.8) is 0 Å². The summed E-state index contributed by atoms with van der Waals surface area (Å²) in [5.41, 5.74) is 6.92. The summed E-state index contributed by atoms with van der Waals surface area (Å²) in [6, 6.07) is 10.3. The summed E-state index contributed by atoms with van der Waals surface area (Å²) in [6.07, 6.45) is 0. The van der Waals surface area contributed by atoms with E-state index in [4.69, 9.17) is 18.0 Å². The minimum absolute atomic E-state index is 0.130. The predicted molar refractivity (Wildman–Crippen MR) is 87.1 cm³/mol. The van der Waals surface area contributed by atoms with Gasteiger partial charge in [-0.05, 0) is 24.3 Å². The maximum absolute atomic E-state index is 12.3. The van der Waals surface area contributed by atoms with Gasteiger partial charge in [0.15, 0.2) is 0 Å². The van der Waals surface area contributed by atoms with Crippen molar-refractivity contribution >= 4 is 55.5 Å². The highest BCUT2D eigenvalue weighted by molar-refractivity contribution is 7.94. The highest BCUT2D eigenvalue weighted by Crippen LogP contribution is 2.24. The van der Waals surface area contributed by atoms with Crippen LogP contribution in [0.1, 0.15) is 4.88 Å². The van der Waals surface area contributed by atoms with Crippen LogP contribution in [0.25, 0.3) is 11.0 Å². The van der Waals surface area contributed by atoms with Crippen LogP contribution in [0.15, 0.2) is 40.6 Å². The van der Waals surface area contributed by atoms with Crippen LogP contribution in [0.2, 0.25) is 0 Å². The molecule has 0 amide bonds. The summed E-state index contributed by atoms with van der Waals surface area (Å²) in [6.45, 7) is 0. The number of H-pyrrole nitrogens is 1. The molecule has 0 aliphatic carbocycles. The molecule has 0 radical (unpaired) electrons. The number of fused-ring (bicyclic) bond motifs is 1. The minimum atomic E-state index is -3.71. The topological polar surface area (TPSA) is 101 Å². The Morgan fingerprint density at radius 1 is 1.29 bits per heavy atom. The quantitative estimate of drug-likeness (QED) is 0.632. The molecule has 4 N–H and O–H groups in total. The molecule has 0 spiro atoms. The molecule has 0 unspecified atom stereocenters. The Morgan fingerprint density at radius 3 is 2.71 bits per heavy atom. The zero-order valence-electron chi connectivity index (χ0n) is 10.5. The molecule has 0 aliphatic heterocycles. The second-order valence-corrected chi connectivity index (χ2v) is 7.62. The Hall–Kier alpha value is -1.97. The molecule has 6 nitrogen and oxygen atoms in total. The molecular weight excluding hydrogens is 328 g/mol. The van der Waals surface area contributed by atoms with Gasteiger partial charge in [-0.2, -0.15) is 0 Å². The molecule has 3 aromatic rings. The Kier molecular flexibility index (Phi) is 3.40. The van der Waals surface area contributed by atoms with E-state index in [9.17, 15) is 8.42 Å². The molecule has 2 heterocycles. The van der Waals surface area contributed by atoms with Gasteiger partial charge in [0.05, 0.1) is 15.9 Å². The molecule has 0 aliphatic rings. The Balaban J connectivity index is 1.93. The van der Waals surface area contributed by atoms with Crippen LogP contribution in [0.5, 0.6) is 0 Å². The number of benzene rings is 1. The molecule has 0 saturated carbocycles. The number of nitrogens with two attached hydrogens (primary N) is 1. The average molecular weight is 338 g/mol. The number of nitrogens with one attached hydrogen (secondary N) is 2. The van der Waals surface area contributed by atoms with Gasteiger partial charge in [-0.15, -0.1) is 11.3 Å². The van der Waals surface area contributed by atoms with E-state index in [0.717, 1.165) is 16.9 Å². The number of aromatic amines is 1. The number of thiophene rings is 1. The largest absolute Gasteiger partial charge is 0.389 e. The number of rotatable bonds is 4. The number of imidazole rings is 1. The molecule has 0 saturated heterocycles. The van der Waals surface area contributed by atoms with Crippen LogP contribution in [-0.2, 0) is 10.0 Å². The molecule has 3 rings (SSSR count). The first-order chi connectivity index (χ1) is 9.95. The Morgan fingerprint density at radius 2 is 2.05 bits per heavy atom. The van der Waals surface area contributed by atoms with Crippen molar-refractivity contribution in [1.29, 1.82) is 0 Å². The number of anilines is 1. The van der Waals surface area contributed by atoms with E-state index in [1.54, 1.807) is 12.1 Å². The molecule has 21 heavy (non-hydrogen) atoms. The molecule has 0 fully saturated rings. The van der Waals surface area contributed by atoms with E-state index in [1.165, 1.54) is 6.07 Å². The molecular formula is C12H10N4O2S3. The summed E-state index contributed by atoms with van der Waals surface area (Å²) in [7, 11) is -3.71. The fraction of sp³-hybridized carbons (Fsp3) is 0. The number of thiocarbonyl (C=S) groups is 1. The number of sulfonamides is 1. The van der Waals surface area contributed by atoms with Crippen LogP contribution < -0.4 is 10.5 Å². The predicted octanol–water partition coefficient (Wildman–Crippen LogP) is 2.06. The Bertz CT molecular complexity index is 894. The minimum Gasteiger partial charge on any atom is -0.389 e. The number of aromatic nitrogens is 2. The van der Waals surface area contributed by atoms with Gasteiger partial charge in [-0.1, -0.05) is 24.4 Å². The van der Waals surface area contributed by atoms with Crippen molar-refractivity contribution in [2.45, 2.75) is 4.21 Å². The van der Waals surface area contributed by atoms with E-state index < -0.39 is 10.0 Å². The lowest BCUT2D eigenvalue weighted by molar-refractivity contribution is 0.603. The third-order valence-electron chi connectivity index (χ3n) is 2.71. The van der Waals surface area contributed by atoms with Crippen LogP contribution in [-0.4, -0.2) is 23.4 Å². The third-order valence-corrected chi connectivity index (χ3v) is 6.01. The number of nitrogens with zero attached hydrogens (tertiary/aromatic N) is 1. The van der Waals surface area contributed by atoms with Crippen molar-refractivity contribution in [2.24, 2.45) is 5.73 Å². The van der Waals surface area contributed by atoms with E-state index in [0.29, 0.717) is 10.4 Å². The second kappa shape index (κ2) is 5.10. The first-order valence-corrected chi connectivity index (χ1v) is 8.54. The third kappa shape index (κ3) is 2.75. The second-order valence-electron chi connectivity index (χ2n) is 4.19. The summed E-state index contributed by atoms with van der Waals surface area (Å²) < 4.78 is 27.1. The molecule has 1 aromatic carbocycles. The lowest BCUT2D eigenvalue weighted by Gasteiger charge is -2.01. The van der Waals surface area contributed by atoms with E-state index in [1.807, 2.05) is 18.2 Å². The maximum Gasteiger partial charge on any atom is 0.273 e. The first kappa shape index (κ1) is 14.0. The number of hydrogen-bond donors (Lipinski definition) is 3. The SMILES string of the molecule is NC(=S)c1ccc(S(=O)(=O)Nc2nc3ccccc3[nH]2)s1. The lowest BCUT2D eigenvalue weighted by atomic mass is 10.3. The van der Waals surface area contributed by atoms with Crippen molar-refractivity contribution in [2.75, 3.05) is 4.72 Å². The van der Waals surface area contributed by atoms with E-state index >= 15 is 0 Å². The van der Waals surface area contributed by atoms with Gasteiger partial charge >= 0.3 is 0 Å². The van der Waals surface area contributed by atoms with Gasteiger partial charge in [0.1, 0.15) is 9.20 Å². The van der Waals surface area contributed by atoms with Gasteiger partial charge in [-0.25, -0.2) is 18.1 Å². The van der Waals surface area contributed by atoms with Crippen molar-refractivity contribution in [3.05, 3.63) is 41.3 Å². The number of para-hydroxylation sites is 2. The van der Waals surface area contributed by atoms with Gasteiger partial charge in [0, 0.05) is 0 Å². The van der Waals surface area contributed by atoms with Crippen molar-refractivity contribution in [3.8, 4) is 0 Å². The van der Waals surface area contributed by atoms with Crippen molar-refractivity contribution < 1.29 is 8.42 Å². The van der Waals surface area contributed by atoms with Crippen LogP contribution in [0, 0.1) is 0 Å². The van der Waals surface area contributed by atoms with Crippen molar-refractivity contribution in [1.82, 2.24) is 9.97 Å².